The van der Waals surface area contributed by atoms with E-state index in [-0.39, 0.29) is 5.91 Å². The lowest BCUT2D eigenvalue weighted by Gasteiger charge is -2.20. The van der Waals surface area contributed by atoms with Gasteiger partial charge in [-0.15, -0.1) is 0 Å². The number of carbonyl (C=O) groups is 1. The Labute approximate surface area is 156 Å². The molecule has 3 aromatic rings. The molecule has 7 heteroatoms. The molecule has 0 aliphatic rings. The van der Waals surface area contributed by atoms with Crippen LogP contribution in [-0.4, -0.2) is 25.8 Å². The highest BCUT2D eigenvalue weighted by atomic mass is 35.5. The van der Waals surface area contributed by atoms with Crippen molar-refractivity contribution in [3.63, 3.8) is 0 Å². The summed E-state index contributed by atoms with van der Waals surface area (Å²) in [6, 6.07) is 5.52. The lowest BCUT2D eigenvalue weighted by Crippen LogP contribution is -2.33. The monoisotopic (exact) mass is 367 g/mol. The van der Waals surface area contributed by atoms with Crippen molar-refractivity contribution in [2.24, 2.45) is 11.1 Å². The molecule has 0 atom stereocenters. The van der Waals surface area contributed by atoms with E-state index >= 15 is 0 Å². The van der Waals surface area contributed by atoms with Crippen molar-refractivity contribution < 1.29 is 4.79 Å². The largest absolute Gasteiger partial charge is 0.369 e. The standard InChI is InChI=1S/C19H18ClN5O/c1-19(2,18(21)26)8-13-10-24-17(14-5-7-23-11-15(14)20)16(25-13)12-4-3-6-22-9-12/h3-7,9-11H,8H2,1-2H3,(H2,21,26). The fraction of sp³-hybridized carbons (Fsp3) is 0.211. The number of primary amides is 1. The maximum Gasteiger partial charge on any atom is 0.223 e. The van der Waals surface area contributed by atoms with Gasteiger partial charge in [-0.1, -0.05) is 25.4 Å². The zero-order chi connectivity index (χ0) is 18.7. The van der Waals surface area contributed by atoms with Gasteiger partial charge in [0.25, 0.3) is 0 Å². The smallest absolute Gasteiger partial charge is 0.223 e. The average Bonchev–Trinajstić information content (AvgIpc) is 2.63. The molecule has 0 aromatic carbocycles. The molecule has 0 spiro atoms. The molecule has 1 amide bonds. The summed E-state index contributed by atoms with van der Waals surface area (Å²) >= 11 is 6.30. The van der Waals surface area contributed by atoms with E-state index in [0.29, 0.717) is 28.5 Å². The summed E-state index contributed by atoms with van der Waals surface area (Å²) in [5, 5.41) is 0.483. The molecule has 0 radical (unpaired) electrons. The zero-order valence-electron chi connectivity index (χ0n) is 14.5. The summed E-state index contributed by atoms with van der Waals surface area (Å²) in [4.78, 5) is 29.1. The fourth-order valence-corrected chi connectivity index (χ4v) is 2.73. The number of rotatable bonds is 5. The van der Waals surface area contributed by atoms with Gasteiger partial charge in [0, 0.05) is 53.9 Å². The molecule has 2 N–H and O–H groups in total. The van der Waals surface area contributed by atoms with Crippen LogP contribution in [-0.2, 0) is 11.2 Å². The number of halogens is 1. The molecule has 0 saturated heterocycles. The van der Waals surface area contributed by atoms with Crippen LogP contribution in [0.3, 0.4) is 0 Å². The van der Waals surface area contributed by atoms with Gasteiger partial charge >= 0.3 is 0 Å². The topological polar surface area (TPSA) is 94.7 Å². The van der Waals surface area contributed by atoms with Crippen LogP contribution >= 0.6 is 11.6 Å². The third-order valence-electron chi connectivity index (χ3n) is 4.08. The molecule has 0 aliphatic carbocycles. The molecule has 0 unspecified atom stereocenters. The summed E-state index contributed by atoms with van der Waals surface area (Å²) in [6.07, 6.45) is 8.65. The second-order valence-corrected chi connectivity index (χ2v) is 6.99. The summed E-state index contributed by atoms with van der Waals surface area (Å²) in [6.45, 7) is 3.57. The van der Waals surface area contributed by atoms with Gasteiger partial charge in [-0.05, 0) is 18.2 Å². The lowest BCUT2D eigenvalue weighted by molar-refractivity contribution is -0.125. The predicted octanol–water partition coefficient (Wildman–Crippen LogP) is 3.31. The number of nitrogens with zero attached hydrogens (tertiary/aromatic N) is 4. The van der Waals surface area contributed by atoms with Gasteiger partial charge in [-0.3, -0.25) is 19.7 Å². The van der Waals surface area contributed by atoms with Crippen molar-refractivity contribution in [1.29, 1.82) is 0 Å². The Morgan fingerprint density at radius 2 is 1.88 bits per heavy atom. The van der Waals surface area contributed by atoms with E-state index in [1.165, 1.54) is 0 Å². The molecule has 0 fully saturated rings. The highest BCUT2D eigenvalue weighted by Crippen LogP contribution is 2.33. The van der Waals surface area contributed by atoms with Crippen molar-refractivity contribution >= 4 is 17.5 Å². The van der Waals surface area contributed by atoms with Crippen LogP contribution in [0.25, 0.3) is 22.5 Å². The minimum atomic E-state index is -0.725. The number of nitrogens with two attached hydrogens (primary N) is 1. The molecule has 0 bridgehead atoms. The van der Waals surface area contributed by atoms with Crippen molar-refractivity contribution in [3.8, 4) is 22.5 Å². The number of amides is 1. The van der Waals surface area contributed by atoms with E-state index in [4.69, 9.17) is 22.3 Å². The van der Waals surface area contributed by atoms with E-state index in [1.54, 1.807) is 50.9 Å². The van der Waals surface area contributed by atoms with Gasteiger partial charge < -0.3 is 5.73 Å². The Morgan fingerprint density at radius 3 is 2.54 bits per heavy atom. The normalized spacial score (nSPS) is 11.3. The Bertz CT molecular complexity index is 944. The van der Waals surface area contributed by atoms with Gasteiger partial charge in [-0.2, -0.15) is 0 Å². The van der Waals surface area contributed by atoms with Gasteiger partial charge in [0.15, 0.2) is 0 Å². The molecular weight excluding hydrogens is 350 g/mol. The Morgan fingerprint density at radius 1 is 1.12 bits per heavy atom. The van der Waals surface area contributed by atoms with E-state index in [2.05, 4.69) is 15.0 Å². The highest BCUT2D eigenvalue weighted by molar-refractivity contribution is 6.33. The molecule has 26 heavy (non-hydrogen) atoms. The summed E-state index contributed by atoms with van der Waals surface area (Å²) in [5.41, 5.74) is 8.24. The van der Waals surface area contributed by atoms with Crippen LogP contribution < -0.4 is 5.73 Å². The maximum absolute atomic E-state index is 11.7. The Kier molecular flexibility index (Phi) is 4.95. The fourth-order valence-electron chi connectivity index (χ4n) is 2.52. The Hall–Kier alpha value is -2.86. The van der Waals surface area contributed by atoms with Crippen LogP contribution in [0, 0.1) is 5.41 Å². The van der Waals surface area contributed by atoms with Crippen molar-refractivity contribution in [1.82, 2.24) is 19.9 Å². The van der Waals surface area contributed by atoms with E-state index in [1.807, 2.05) is 12.1 Å². The van der Waals surface area contributed by atoms with Crippen LogP contribution in [0.2, 0.25) is 5.02 Å². The second-order valence-electron chi connectivity index (χ2n) is 6.58. The van der Waals surface area contributed by atoms with Crippen molar-refractivity contribution in [3.05, 3.63) is 59.9 Å². The predicted molar refractivity (Wildman–Crippen MR) is 100 cm³/mol. The SMILES string of the molecule is CC(C)(Cc1cnc(-c2ccncc2Cl)c(-c2cccnc2)n1)C(N)=O. The molecule has 3 aromatic heterocycles. The molecule has 132 valence electrons. The van der Waals surface area contributed by atoms with E-state index < -0.39 is 5.41 Å². The maximum atomic E-state index is 11.7. The summed E-state index contributed by atoms with van der Waals surface area (Å²) in [5.74, 6) is -0.386. The number of aromatic nitrogens is 4. The van der Waals surface area contributed by atoms with Crippen LogP contribution in [0.5, 0.6) is 0 Å². The second kappa shape index (κ2) is 7.17. The van der Waals surface area contributed by atoms with Crippen LogP contribution in [0.4, 0.5) is 0 Å². The quantitative estimate of drug-likeness (QED) is 0.746. The summed E-state index contributed by atoms with van der Waals surface area (Å²) in [7, 11) is 0. The number of carbonyl (C=O) groups excluding carboxylic acids is 1. The molecule has 0 saturated carbocycles. The number of hydrogen-bond donors (Lipinski definition) is 1. The average molecular weight is 368 g/mol. The first-order chi connectivity index (χ1) is 12.4. The minimum absolute atomic E-state index is 0.382. The third kappa shape index (κ3) is 3.70. The van der Waals surface area contributed by atoms with E-state index in [0.717, 1.165) is 11.1 Å². The van der Waals surface area contributed by atoms with Crippen molar-refractivity contribution in [2.45, 2.75) is 20.3 Å². The summed E-state index contributed by atoms with van der Waals surface area (Å²) < 4.78 is 0. The van der Waals surface area contributed by atoms with E-state index in [9.17, 15) is 4.79 Å². The lowest BCUT2D eigenvalue weighted by atomic mass is 9.87. The third-order valence-corrected chi connectivity index (χ3v) is 4.38. The Balaban J connectivity index is 2.14. The van der Waals surface area contributed by atoms with Gasteiger partial charge in [0.1, 0.15) is 0 Å². The minimum Gasteiger partial charge on any atom is -0.369 e. The molecule has 3 heterocycles. The van der Waals surface area contributed by atoms with Crippen molar-refractivity contribution in [2.75, 3.05) is 0 Å². The highest BCUT2D eigenvalue weighted by Gasteiger charge is 2.27. The number of pyridine rings is 2. The van der Waals surface area contributed by atoms with Crippen LogP contribution in [0.15, 0.2) is 49.2 Å². The van der Waals surface area contributed by atoms with Crippen LogP contribution in [0.1, 0.15) is 19.5 Å². The van der Waals surface area contributed by atoms with Gasteiger partial charge in [-0.25, -0.2) is 4.98 Å². The molecule has 3 rings (SSSR count). The van der Waals surface area contributed by atoms with Gasteiger partial charge in [0.05, 0.1) is 22.1 Å². The zero-order valence-corrected chi connectivity index (χ0v) is 15.2. The number of hydrogen-bond acceptors (Lipinski definition) is 5. The first kappa shape index (κ1) is 17.9. The first-order valence-corrected chi connectivity index (χ1v) is 8.42. The molecular formula is C19H18ClN5O. The molecule has 0 aliphatic heterocycles. The van der Waals surface area contributed by atoms with Gasteiger partial charge in [0.2, 0.25) is 5.91 Å². The molecule has 6 nitrogen and oxygen atoms in total. The first-order valence-electron chi connectivity index (χ1n) is 8.04.